The molecule has 3 nitrogen and oxygen atoms in total. The van der Waals surface area contributed by atoms with Gasteiger partial charge < -0.3 is 4.74 Å². The van der Waals surface area contributed by atoms with Crippen molar-refractivity contribution in [2.45, 2.75) is 32.5 Å². The van der Waals surface area contributed by atoms with Gasteiger partial charge in [0.2, 0.25) is 0 Å². The highest BCUT2D eigenvalue weighted by atomic mass is 16.5. The smallest absolute Gasteiger partial charge is 0.121 e. The summed E-state index contributed by atoms with van der Waals surface area (Å²) in [5, 5.41) is 0. The monoisotopic (exact) mass is 130 g/mol. The Morgan fingerprint density at radius 1 is 1.56 bits per heavy atom. The van der Waals surface area contributed by atoms with Crippen LogP contribution in [0.1, 0.15) is 20.3 Å². The first-order valence-corrected chi connectivity index (χ1v) is 3.45. The lowest BCUT2D eigenvalue weighted by Gasteiger charge is -2.07. The third-order valence-electron chi connectivity index (χ3n) is 1.43. The average Bonchev–Trinajstić information content (AvgIpc) is 2.17. The Kier molecular flexibility index (Phi) is 2.45. The molecule has 0 aromatic rings. The predicted molar refractivity (Wildman–Crippen MR) is 35.8 cm³/mol. The van der Waals surface area contributed by atoms with E-state index in [2.05, 4.69) is 17.8 Å². The van der Waals surface area contributed by atoms with Crippen molar-refractivity contribution in [2.75, 3.05) is 6.61 Å². The standard InChI is InChI=1S/C6H14N2O/c1-3-9-6-4-5(2)7-8-6/h5-8H,3-4H2,1-2H3. The Labute approximate surface area is 55.7 Å². The fraction of sp³-hybridized carbons (Fsp3) is 1.00. The van der Waals surface area contributed by atoms with Crippen LogP contribution in [0.5, 0.6) is 0 Å². The van der Waals surface area contributed by atoms with E-state index in [0.29, 0.717) is 6.04 Å². The van der Waals surface area contributed by atoms with Gasteiger partial charge in [0.1, 0.15) is 6.23 Å². The SMILES string of the molecule is CCOC1CC(C)NN1. The summed E-state index contributed by atoms with van der Waals surface area (Å²) in [7, 11) is 0. The second-order valence-electron chi connectivity index (χ2n) is 2.37. The molecule has 1 heterocycles. The molecule has 1 aliphatic rings. The number of hydrogen-bond acceptors (Lipinski definition) is 3. The molecule has 1 fully saturated rings. The van der Waals surface area contributed by atoms with E-state index < -0.39 is 0 Å². The molecule has 0 aromatic heterocycles. The fourth-order valence-corrected chi connectivity index (χ4v) is 0.985. The Bertz CT molecular complexity index is 85.1. The van der Waals surface area contributed by atoms with Crippen LogP contribution < -0.4 is 10.9 Å². The molecule has 0 aliphatic carbocycles. The first-order valence-electron chi connectivity index (χ1n) is 3.45. The van der Waals surface area contributed by atoms with E-state index in [9.17, 15) is 0 Å². The van der Waals surface area contributed by atoms with Gasteiger partial charge in [-0.1, -0.05) is 0 Å². The van der Waals surface area contributed by atoms with Crippen molar-refractivity contribution in [2.24, 2.45) is 0 Å². The molecule has 54 valence electrons. The minimum absolute atomic E-state index is 0.227. The predicted octanol–water partition coefficient (Wildman–Crippen LogP) is 0.235. The van der Waals surface area contributed by atoms with Crippen LogP contribution in [0.2, 0.25) is 0 Å². The summed E-state index contributed by atoms with van der Waals surface area (Å²) in [5.41, 5.74) is 6.11. The molecule has 0 spiro atoms. The van der Waals surface area contributed by atoms with Crippen molar-refractivity contribution < 1.29 is 4.74 Å². The molecule has 1 aliphatic heterocycles. The minimum atomic E-state index is 0.227. The highest BCUT2D eigenvalue weighted by molar-refractivity contribution is 4.70. The Morgan fingerprint density at radius 3 is 2.78 bits per heavy atom. The molecule has 1 rings (SSSR count). The van der Waals surface area contributed by atoms with Crippen LogP contribution in [0.3, 0.4) is 0 Å². The molecule has 0 bridgehead atoms. The van der Waals surface area contributed by atoms with Crippen molar-refractivity contribution >= 4 is 0 Å². The van der Waals surface area contributed by atoms with Crippen LogP contribution in [0.25, 0.3) is 0 Å². The van der Waals surface area contributed by atoms with Crippen LogP contribution in [-0.2, 0) is 4.74 Å². The summed E-state index contributed by atoms with van der Waals surface area (Å²) in [6.07, 6.45) is 1.29. The Hall–Kier alpha value is -0.120. The van der Waals surface area contributed by atoms with Crippen molar-refractivity contribution in [1.29, 1.82) is 0 Å². The molecule has 3 heteroatoms. The lowest BCUT2D eigenvalue weighted by molar-refractivity contribution is 0.0484. The molecule has 0 radical (unpaired) electrons. The number of hydrogen-bond donors (Lipinski definition) is 2. The summed E-state index contributed by atoms with van der Waals surface area (Å²) in [5.74, 6) is 0. The third kappa shape index (κ3) is 1.93. The zero-order valence-electron chi connectivity index (χ0n) is 5.98. The molecule has 1 saturated heterocycles. The highest BCUT2D eigenvalue weighted by Gasteiger charge is 2.18. The molecular formula is C6H14N2O. The van der Waals surface area contributed by atoms with Gasteiger partial charge in [0.15, 0.2) is 0 Å². The summed E-state index contributed by atoms with van der Waals surface area (Å²) in [6, 6.07) is 0.543. The minimum Gasteiger partial charge on any atom is -0.362 e. The van der Waals surface area contributed by atoms with Gasteiger partial charge in [0, 0.05) is 19.1 Å². The van der Waals surface area contributed by atoms with E-state index in [0.717, 1.165) is 13.0 Å². The normalized spacial score (nSPS) is 35.3. The highest BCUT2D eigenvalue weighted by Crippen LogP contribution is 2.03. The van der Waals surface area contributed by atoms with Gasteiger partial charge in [-0.25, -0.2) is 5.43 Å². The van der Waals surface area contributed by atoms with Crippen LogP contribution in [-0.4, -0.2) is 18.9 Å². The molecule has 0 aromatic carbocycles. The lowest BCUT2D eigenvalue weighted by atomic mass is 10.2. The number of nitrogens with one attached hydrogen (secondary N) is 2. The summed E-state index contributed by atoms with van der Waals surface area (Å²) < 4.78 is 5.30. The second kappa shape index (κ2) is 3.15. The van der Waals surface area contributed by atoms with Gasteiger partial charge in [-0.05, 0) is 13.8 Å². The van der Waals surface area contributed by atoms with Crippen molar-refractivity contribution in [3.8, 4) is 0 Å². The van der Waals surface area contributed by atoms with Crippen molar-refractivity contribution in [3.05, 3.63) is 0 Å². The van der Waals surface area contributed by atoms with E-state index in [1.807, 2.05) is 6.92 Å². The summed E-state index contributed by atoms with van der Waals surface area (Å²) >= 11 is 0. The first-order chi connectivity index (χ1) is 4.33. The van der Waals surface area contributed by atoms with E-state index >= 15 is 0 Å². The lowest BCUT2D eigenvalue weighted by Crippen LogP contribution is -2.33. The third-order valence-corrected chi connectivity index (χ3v) is 1.43. The second-order valence-corrected chi connectivity index (χ2v) is 2.37. The van der Waals surface area contributed by atoms with Crippen LogP contribution in [0, 0.1) is 0 Å². The molecular weight excluding hydrogens is 116 g/mol. The van der Waals surface area contributed by atoms with Gasteiger partial charge >= 0.3 is 0 Å². The molecule has 0 amide bonds. The Balaban J connectivity index is 2.14. The maximum Gasteiger partial charge on any atom is 0.121 e. The van der Waals surface area contributed by atoms with Crippen LogP contribution in [0.15, 0.2) is 0 Å². The van der Waals surface area contributed by atoms with Crippen LogP contribution >= 0.6 is 0 Å². The van der Waals surface area contributed by atoms with Gasteiger partial charge in [0.25, 0.3) is 0 Å². The van der Waals surface area contributed by atoms with Gasteiger partial charge in [0.05, 0.1) is 0 Å². The van der Waals surface area contributed by atoms with E-state index in [1.54, 1.807) is 0 Å². The molecule has 9 heavy (non-hydrogen) atoms. The van der Waals surface area contributed by atoms with Gasteiger partial charge in [-0.3, -0.25) is 5.43 Å². The fourth-order valence-electron chi connectivity index (χ4n) is 0.985. The largest absolute Gasteiger partial charge is 0.362 e. The average molecular weight is 130 g/mol. The number of ether oxygens (including phenoxy) is 1. The van der Waals surface area contributed by atoms with Gasteiger partial charge in [-0.2, -0.15) is 0 Å². The molecule has 2 N–H and O–H groups in total. The molecule has 2 unspecified atom stereocenters. The molecule has 2 atom stereocenters. The van der Waals surface area contributed by atoms with E-state index in [-0.39, 0.29) is 6.23 Å². The number of rotatable bonds is 2. The zero-order valence-corrected chi connectivity index (χ0v) is 5.98. The summed E-state index contributed by atoms with van der Waals surface area (Å²) in [4.78, 5) is 0. The summed E-state index contributed by atoms with van der Waals surface area (Å²) in [6.45, 7) is 4.92. The van der Waals surface area contributed by atoms with E-state index in [1.165, 1.54) is 0 Å². The van der Waals surface area contributed by atoms with E-state index in [4.69, 9.17) is 4.74 Å². The van der Waals surface area contributed by atoms with Crippen molar-refractivity contribution in [3.63, 3.8) is 0 Å². The Morgan fingerprint density at radius 2 is 2.33 bits per heavy atom. The van der Waals surface area contributed by atoms with Crippen molar-refractivity contribution in [1.82, 2.24) is 10.9 Å². The number of hydrazine groups is 1. The maximum atomic E-state index is 5.30. The zero-order chi connectivity index (χ0) is 6.69. The molecule has 0 saturated carbocycles. The quantitative estimate of drug-likeness (QED) is 0.561. The topological polar surface area (TPSA) is 33.3 Å². The first kappa shape index (κ1) is 6.99. The maximum absolute atomic E-state index is 5.30. The van der Waals surface area contributed by atoms with Crippen LogP contribution in [0.4, 0.5) is 0 Å². The van der Waals surface area contributed by atoms with Gasteiger partial charge in [-0.15, -0.1) is 0 Å².